The first-order valence-electron chi connectivity index (χ1n) is 5.91. The van der Waals surface area contributed by atoms with Crippen molar-refractivity contribution in [1.29, 1.82) is 0 Å². The third kappa shape index (κ3) is 4.54. The third-order valence-corrected chi connectivity index (χ3v) is 2.65. The van der Waals surface area contributed by atoms with E-state index in [-0.39, 0.29) is 12.5 Å². The van der Waals surface area contributed by atoms with E-state index in [1.807, 2.05) is 36.9 Å². The molecule has 0 unspecified atom stereocenters. The van der Waals surface area contributed by atoms with Crippen molar-refractivity contribution < 1.29 is 9.90 Å². The fourth-order valence-corrected chi connectivity index (χ4v) is 1.60. The minimum atomic E-state index is -0.0243. The summed E-state index contributed by atoms with van der Waals surface area (Å²) >= 11 is 0. The number of hydrogen-bond donors (Lipinski definition) is 2. The Balaban J connectivity index is 2.55. The monoisotopic (exact) mass is 236 g/mol. The molecular formula is C13H20N2O2. The maximum absolute atomic E-state index is 11.7. The molecule has 0 fully saturated rings. The highest BCUT2D eigenvalue weighted by atomic mass is 16.3. The lowest BCUT2D eigenvalue weighted by Gasteiger charge is -2.17. The average Bonchev–Trinajstić information content (AvgIpc) is 2.36. The van der Waals surface area contributed by atoms with E-state index in [1.54, 1.807) is 6.07 Å². The van der Waals surface area contributed by atoms with Crippen molar-refractivity contribution >= 4 is 11.6 Å². The van der Waals surface area contributed by atoms with E-state index in [0.717, 1.165) is 24.3 Å². The van der Waals surface area contributed by atoms with Crippen LogP contribution in [-0.2, 0) is 11.4 Å². The van der Waals surface area contributed by atoms with E-state index in [4.69, 9.17) is 5.11 Å². The van der Waals surface area contributed by atoms with E-state index in [0.29, 0.717) is 6.54 Å². The van der Waals surface area contributed by atoms with Gasteiger partial charge in [-0.1, -0.05) is 26.0 Å². The molecule has 0 aliphatic carbocycles. The van der Waals surface area contributed by atoms with Crippen molar-refractivity contribution in [3.05, 3.63) is 29.8 Å². The van der Waals surface area contributed by atoms with Crippen LogP contribution in [0.1, 0.15) is 19.4 Å². The zero-order valence-electron chi connectivity index (χ0n) is 10.4. The first kappa shape index (κ1) is 13.7. The molecule has 0 radical (unpaired) electrons. The SMILES string of the molecule is CCN(CC)CC(=O)Nc1cccc(CO)c1. The molecule has 4 heteroatoms. The van der Waals surface area contributed by atoms with Crippen molar-refractivity contribution in [3.8, 4) is 0 Å². The third-order valence-electron chi connectivity index (χ3n) is 2.65. The molecule has 0 spiro atoms. The number of benzene rings is 1. The summed E-state index contributed by atoms with van der Waals surface area (Å²) in [4.78, 5) is 13.8. The van der Waals surface area contributed by atoms with Crippen LogP contribution in [0.25, 0.3) is 0 Å². The molecule has 0 aliphatic heterocycles. The number of nitrogens with zero attached hydrogens (tertiary/aromatic N) is 1. The molecule has 4 nitrogen and oxygen atoms in total. The Bertz CT molecular complexity index is 362. The first-order valence-corrected chi connectivity index (χ1v) is 5.91. The highest BCUT2D eigenvalue weighted by Gasteiger charge is 2.07. The van der Waals surface area contributed by atoms with Crippen LogP contribution in [-0.4, -0.2) is 35.5 Å². The molecule has 1 rings (SSSR count). The van der Waals surface area contributed by atoms with Crippen molar-refractivity contribution in [1.82, 2.24) is 4.90 Å². The molecule has 0 aromatic heterocycles. The molecule has 0 saturated carbocycles. The van der Waals surface area contributed by atoms with Gasteiger partial charge in [0.1, 0.15) is 0 Å². The van der Waals surface area contributed by atoms with E-state index < -0.39 is 0 Å². The molecule has 0 atom stereocenters. The molecule has 0 bridgehead atoms. The number of hydrogen-bond acceptors (Lipinski definition) is 3. The van der Waals surface area contributed by atoms with Crippen LogP contribution < -0.4 is 5.32 Å². The maximum Gasteiger partial charge on any atom is 0.238 e. The summed E-state index contributed by atoms with van der Waals surface area (Å²) in [6, 6.07) is 7.23. The number of nitrogens with one attached hydrogen (secondary N) is 1. The summed E-state index contributed by atoms with van der Waals surface area (Å²) in [6.07, 6.45) is 0. The summed E-state index contributed by atoms with van der Waals surface area (Å²) < 4.78 is 0. The predicted octanol–water partition coefficient (Wildman–Crippen LogP) is 1.46. The van der Waals surface area contributed by atoms with Crippen LogP contribution in [0.2, 0.25) is 0 Å². The number of likely N-dealkylation sites (N-methyl/N-ethyl adjacent to an activating group) is 1. The van der Waals surface area contributed by atoms with Crippen molar-refractivity contribution in [2.45, 2.75) is 20.5 Å². The van der Waals surface area contributed by atoms with Crippen molar-refractivity contribution in [2.75, 3.05) is 25.0 Å². The summed E-state index contributed by atoms with van der Waals surface area (Å²) in [5.74, 6) is -0.0243. The number of carbonyl (C=O) groups is 1. The smallest absolute Gasteiger partial charge is 0.238 e. The molecule has 2 N–H and O–H groups in total. The Morgan fingerprint density at radius 1 is 1.35 bits per heavy atom. The van der Waals surface area contributed by atoms with Crippen LogP contribution in [0.4, 0.5) is 5.69 Å². The van der Waals surface area contributed by atoms with E-state index in [2.05, 4.69) is 5.32 Å². The van der Waals surface area contributed by atoms with Crippen LogP contribution >= 0.6 is 0 Å². The molecular weight excluding hydrogens is 216 g/mol. The van der Waals surface area contributed by atoms with Gasteiger partial charge in [-0.2, -0.15) is 0 Å². The van der Waals surface area contributed by atoms with Gasteiger partial charge in [0.2, 0.25) is 5.91 Å². The van der Waals surface area contributed by atoms with Gasteiger partial charge in [-0.05, 0) is 30.8 Å². The zero-order valence-corrected chi connectivity index (χ0v) is 10.4. The topological polar surface area (TPSA) is 52.6 Å². The number of aliphatic hydroxyl groups is 1. The minimum absolute atomic E-state index is 0.0141. The second-order valence-corrected chi connectivity index (χ2v) is 3.87. The Morgan fingerprint density at radius 2 is 2.06 bits per heavy atom. The zero-order chi connectivity index (χ0) is 12.7. The summed E-state index contributed by atoms with van der Waals surface area (Å²) in [5.41, 5.74) is 1.53. The molecule has 0 heterocycles. The number of rotatable bonds is 6. The second kappa shape index (κ2) is 7.04. The van der Waals surface area contributed by atoms with Gasteiger partial charge in [0.05, 0.1) is 13.2 Å². The maximum atomic E-state index is 11.7. The first-order chi connectivity index (χ1) is 8.19. The average molecular weight is 236 g/mol. The Morgan fingerprint density at radius 3 is 2.65 bits per heavy atom. The van der Waals surface area contributed by atoms with E-state index in [1.165, 1.54) is 0 Å². The largest absolute Gasteiger partial charge is 0.392 e. The number of amides is 1. The van der Waals surface area contributed by atoms with Gasteiger partial charge >= 0.3 is 0 Å². The van der Waals surface area contributed by atoms with Gasteiger partial charge in [0, 0.05) is 5.69 Å². The van der Waals surface area contributed by atoms with Gasteiger partial charge in [0.15, 0.2) is 0 Å². The van der Waals surface area contributed by atoms with Gasteiger partial charge in [-0.15, -0.1) is 0 Å². The lowest BCUT2D eigenvalue weighted by atomic mass is 10.2. The predicted molar refractivity (Wildman–Crippen MR) is 68.8 cm³/mol. The Labute approximate surface area is 102 Å². The van der Waals surface area contributed by atoms with Gasteiger partial charge in [-0.25, -0.2) is 0 Å². The number of aliphatic hydroxyl groups excluding tert-OH is 1. The lowest BCUT2D eigenvalue weighted by Crippen LogP contribution is -2.32. The van der Waals surface area contributed by atoms with Crippen molar-refractivity contribution in [2.24, 2.45) is 0 Å². The number of carbonyl (C=O) groups excluding carboxylic acids is 1. The van der Waals surface area contributed by atoms with E-state index >= 15 is 0 Å². The molecule has 1 aromatic rings. The second-order valence-electron chi connectivity index (χ2n) is 3.87. The minimum Gasteiger partial charge on any atom is -0.392 e. The van der Waals surface area contributed by atoms with Crippen LogP contribution in [0.5, 0.6) is 0 Å². The molecule has 0 saturated heterocycles. The Kier molecular flexibility index (Phi) is 5.66. The summed E-state index contributed by atoms with van der Waals surface area (Å²) in [6.45, 7) is 6.17. The normalized spacial score (nSPS) is 10.6. The van der Waals surface area contributed by atoms with Crippen LogP contribution in [0, 0.1) is 0 Å². The van der Waals surface area contributed by atoms with E-state index in [9.17, 15) is 4.79 Å². The molecule has 0 aliphatic rings. The van der Waals surface area contributed by atoms with Gasteiger partial charge in [0.25, 0.3) is 0 Å². The molecule has 1 aromatic carbocycles. The Hall–Kier alpha value is -1.39. The lowest BCUT2D eigenvalue weighted by molar-refractivity contribution is -0.117. The molecule has 17 heavy (non-hydrogen) atoms. The number of anilines is 1. The summed E-state index contributed by atoms with van der Waals surface area (Å²) in [7, 11) is 0. The quantitative estimate of drug-likeness (QED) is 0.786. The highest BCUT2D eigenvalue weighted by Crippen LogP contribution is 2.10. The standard InChI is InChI=1S/C13H20N2O2/c1-3-15(4-2)9-13(17)14-12-7-5-6-11(8-12)10-16/h5-8,16H,3-4,9-10H2,1-2H3,(H,14,17). The van der Waals surface area contributed by atoms with Gasteiger partial charge in [-0.3, -0.25) is 9.69 Å². The van der Waals surface area contributed by atoms with Gasteiger partial charge < -0.3 is 10.4 Å². The molecule has 94 valence electrons. The fourth-order valence-electron chi connectivity index (χ4n) is 1.60. The van der Waals surface area contributed by atoms with Crippen LogP contribution in [0.3, 0.4) is 0 Å². The fraction of sp³-hybridized carbons (Fsp3) is 0.462. The summed E-state index contributed by atoms with van der Waals surface area (Å²) in [5, 5.41) is 11.8. The highest BCUT2D eigenvalue weighted by molar-refractivity contribution is 5.92. The van der Waals surface area contributed by atoms with Crippen LogP contribution in [0.15, 0.2) is 24.3 Å². The molecule has 1 amide bonds. The van der Waals surface area contributed by atoms with Crippen molar-refractivity contribution in [3.63, 3.8) is 0 Å².